The number of H-pyrrole nitrogens is 1. The summed E-state index contributed by atoms with van der Waals surface area (Å²) < 4.78 is 11.0. The molecule has 0 aliphatic carbocycles. The van der Waals surface area contributed by atoms with Crippen LogP contribution in [-0.4, -0.2) is 21.8 Å². The lowest BCUT2D eigenvalue weighted by Gasteiger charge is -2.09. The molecule has 0 radical (unpaired) electrons. The molecular weight excluding hydrogens is 436 g/mol. The van der Waals surface area contributed by atoms with Gasteiger partial charge in [-0.25, -0.2) is 4.98 Å². The van der Waals surface area contributed by atoms with E-state index in [0.29, 0.717) is 22.9 Å². The third-order valence-electron chi connectivity index (χ3n) is 4.62. The molecule has 3 N–H and O–H groups in total. The Labute approximate surface area is 186 Å². The molecule has 2 aromatic carbocycles. The molecule has 0 spiro atoms. The standard InChI is InChI=1S/C22H17ClN4O5/c1-12-17(18-20(29)24-11-25-22(18)32-12)21(30)27-26-19(28)14-4-2-13(3-5-14)10-31-16-8-6-15(23)7-9-16/h2-9,11H,10H2,1H3,(H,26,28)(H,27,30)(H,24,25,29). The van der Waals surface area contributed by atoms with Crippen molar-refractivity contribution in [2.75, 3.05) is 0 Å². The lowest BCUT2D eigenvalue weighted by Crippen LogP contribution is -2.42. The van der Waals surface area contributed by atoms with Gasteiger partial charge in [0.2, 0.25) is 5.71 Å². The van der Waals surface area contributed by atoms with E-state index in [0.717, 1.165) is 5.56 Å². The molecule has 2 heterocycles. The number of hydrazine groups is 1. The summed E-state index contributed by atoms with van der Waals surface area (Å²) in [5.41, 5.74) is 5.33. The van der Waals surface area contributed by atoms with Crippen molar-refractivity contribution in [2.24, 2.45) is 0 Å². The smallest absolute Gasteiger partial charge is 0.274 e. The second kappa shape index (κ2) is 8.94. The fourth-order valence-corrected chi connectivity index (χ4v) is 3.15. The molecule has 2 aromatic heterocycles. The number of aromatic nitrogens is 2. The zero-order chi connectivity index (χ0) is 22.7. The van der Waals surface area contributed by atoms with Crippen molar-refractivity contribution in [3.63, 3.8) is 0 Å². The Kier molecular flexibility index (Phi) is 5.91. The van der Waals surface area contributed by atoms with Crippen LogP contribution in [-0.2, 0) is 6.61 Å². The van der Waals surface area contributed by atoms with Gasteiger partial charge in [-0.1, -0.05) is 23.7 Å². The number of carbonyl (C=O) groups is 2. The number of halogens is 1. The van der Waals surface area contributed by atoms with E-state index in [9.17, 15) is 14.4 Å². The minimum atomic E-state index is -0.693. The van der Waals surface area contributed by atoms with Gasteiger partial charge in [0.25, 0.3) is 17.4 Å². The van der Waals surface area contributed by atoms with Crippen LogP contribution in [0.2, 0.25) is 5.02 Å². The Hall–Kier alpha value is -4.11. The number of hydrogen-bond acceptors (Lipinski definition) is 6. The summed E-state index contributed by atoms with van der Waals surface area (Å²) in [7, 11) is 0. The molecule has 0 aliphatic rings. The number of nitrogens with one attached hydrogen (secondary N) is 3. The van der Waals surface area contributed by atoms with Crippen LogP contribution < -0.4 is 21.1 Å². The van der Waals surface area contributed by atoms with E-state index in [2.05, 4.69) is 20.8 Å². The summed E-state index contributed by atoms with van der Waals surface area (Å²) in [6.07, 6.45) is 1.18. The lowest BCUT2D eigenvalue weighted by molar-refractivity contribution is 0.0846. The Morgan fingerprint density at radius 3 is 2.47 bits per heavy atom. The highest BCUT2D eigenvalue weighted by molar-refractivity contribution is 6.30. The van der Waals surface area contributed by atoms with Crippen LogP contribution >= 0.6 is 11.6 Å². The number of benzene rings is 2. The van der Waals surface area contributed by atoms with E-state index >= 15 is 0 Å². The number of amides is 2. The molecule has 162 valence electrons. The summed E-state index contributed by atoms with van der Waals surface area (Å²) in [5, 5.41) is 0.640. The molecule has 0 unspecified atom stereocenters. The largest absolute Gasteiger partial charge is 0.489 e. The molecule has 4 aromatic rings. The van der Waals surface area contributed by atoms with Gasteiger partial charge in [0.15, 0.2) is 0 Å². The highest BCUT2D eigenvalue weighted by Crippen LogP contribution is 2.20. The summed E-state index contributed by atoms with van der Waals surface area (Å²) in [6.45, 7) is 1.85. The average molecular weight is 453 g/mol. The fourth-order valence-electron chi connectivity index (χ4n) is 3.02. The summed E-state index contributed by atoms with van der Waals surface area (Å²) in [5.74, 6) is -0.335. The zero-order valence-corrected chi connectivity index (χ0v) is 17.5. The van der Waals surface area contributed by atoms with Crippen LogP contribution in [0.5, 0.6) is 5.75 Å². The monoisotopic (exact) mass is 452 g/mol. The molecule has 9 nitrogen and oxygen atoms in total. The molecule has 0 atom stereocenters. The first-order valence-corrected chi connectivity index (χ1v) is 9.85. The predicted molar refractivity (Wildman–Crippen MR) is 117 cm³/mol. The van der Waals surface area contributed by atoms with Gasteiger partial charge >= 0.3 is 0 Å². The molecular formula is C22H17ClN4O5. The molecule has 10 heteroatoms. The number of fused-ring (bicyclic) bond motifs is 1. The van der Waals surface area contributed by atoms with Gasteiger partial charge in [-0.05, 0) is 48.9 Å². The number of ether oxygens (including phenoxy) is 1. The molecule has 0 bridgehead atoms. The van der Waals surface area contributed by atoms with E-state index in [1.807, 2.05) is 0 Å². The molecule has 4 rings (SSSR count). The van der Waals surface area contributed by atoms with Crippen LogP contribution in [0.4, 0.5) is 0 Å². The van der Waals surface area contributed by atoms with Gasteiger partial charge in [0.05, 0.1) is 11.9 Å². The lowest BCUT2D eigenvalue weighted by atomic mass is 10.1. The Morgan fingerprint density at radius 1 is 1.06 bits per heavy atom. The van der Waals surface area contributed by atoms with Crippen molar-refractivity contribution in [2.45, 2.75) is 13.5 Å². The number of carbonyl (C=O) groups excluding carboxylic acids is 2. The van der Waals surface area contributed by atoms with Crippen molar-refractivity contribution in [1.29, 1.82) is 0 Å². The Morgan fingerprint density at radius 2 is 1.75 bits per heavy atom. The first-order chi connectivity index (χ1) is 15.4. The Balaban J connectivity index is 1.37. The molecule has 0 saturated heterocycles. The average Bonchev–Trinajstić information content (AvgIpc) is 3.14. The third-order valence-corrected chi connectivity index (χ3v) is 4.87. The van der Waals surface area contributed by atoms with Crippen LogP contribution in [0.15, 0.2) is 64.1 Å². The van der Waals surface area contributed by atoms with E-state index in [-0.39, 0.29) is 22.4 Å². The van der Waals surface area contributed by atoms with Gasteiger partial charge in [0, 0.05) is 10.6 Å². The predicted octanol–water partition coefficient (Wildman–Crippen LogP) is 3.13. The van der Waals surface area contributed by atoms with Crippen molar-refractivity contribution in [1.82, 2.24) is 20.8 Å². The number of aryl methyl sites for hydroxylation is 1. The van der Waals surface area contributed by atoms with Gasteiger partial charge in [-0.3, -0.25) is 25.2 Å². The van der Waals surface area contributed by atoms with E-state index in [4.69, 9.17) is 20.8 Å². The number of aromatic amines is 1. The van der Waals surface area contributed by atoms with Crippen LogP contribution in [0, 0.1) is 6.92 Å². The highest BCUT2D eigenvalue weighted by atomic mass is 35.5. The van der Waals surface area contributed by atoms with E-state index < -0.39 is 17.4 Å². The third kappa shape index (κ3) is 4.47. The topological polar surface area (TPSA) is 126 Å². The maximum absolute atomic E-state index is 12.5. The maximum atomic E-state index is 12.5. The molecule has 0 saturated carbocycles. The van der Waals surface area contributed by atoms with Gasteiger partial charge in [0.1, 0.15) is 23.5 Å². The minimum Gasteiger partial charge on any atom is -0.489 e. The van der Waals surface area contributed by atoms with E-state index in [1.165, 1.54) is 13.3 Å². The zero-order valence-electron chi connectivity index (χ0n) is 16.8. The van der Waals surface area contributed by atoms with Crippen LogP contribution in [0.1, 0.15) is 32.0 Å². The quantitative estimate of drug-likeness (QED) is 0.399. The van der Waals surface area contributed by atoms with Crippen LogP contribution in [0.25, 0.3) is 11.1 Å². The van der Waals surface area contributed by atoms with Crippen molar-refractivity contribution in [3.05, 3.63) is 92.7 Å². The van der Waals surface area contributed by atoms with Crippen LogP contribution in [0.3, 0.4) is 0 Å². The minimum absolute atomic E-state index is 0.00402. The van der Waals surface area contributed by atoms with Gasteiger partial charge in [-0.15, -0.1) is 0 Å². The summed E-state index contributed by atoms with van der Waals surface area (Å²) in [6, 6.07) is 13.7. The number of rotatable bonds is 5. The number of hydrogen-bond donors (Lipinski definition) is 3. The van der Waals surface area contributed by atoms with Crippen molar-refractivity contribution < 1.29 is 18.7 Å². The van der Waals surface area contributed by atoms with Crippen molar-refractivity contribution in [3.8, 4) is 5.75 Å². The second-order valence-corrected chi connectivity index (χ2v) is 7.23. The summed E-state index contributed by atoms with van der Waals surface area (Å²) in [4.78, 5) is 43.2. The van der Waals surface area contributed by atoms with Gasteiger partial charge in [-0.2, -0.15) is 0 Å². The molecule has 32 heavy (non-hydrogen) atoms. The normalized spacial score (nSPS) is 10.7. The fraction of sp³-hybridized carbons (Fsp3) is 0.0909. The second-order valence-electron chi connectivity index (χ2n) is 6.79. The molecule has 0 aliphatic heterocycles. The number of nitrogens with zero attached hydrogens (tertiary/aromatic N) is 1. The van der Waals surface area contributed by atoms with Gasteiger partial charge < -0.3 is 14.1 Å². The SMILES string of the molecule is Cc1oc2nc[nH]c(=O)c2c1C(=O)NNC(=O)c1ccc(COc2ccc(Cl)cc2)cc1. The highest BCUT2D eigenvalue weighted by Gasteiger charge is 2.22. The van der Waals surface area contributed by atoms with E-state index in [1.54, 1.807) is 48.5 Å². The summed E-state index contributed by atoms with van der Waals surface area (Å²) >= 11 is 5.85. The first-order valence-electron chi connectivity index (χ1n) is 9.47. The molecule has 2 amide bonds. The first kappa shape index (κ1) is 21.1. The molecule has 0 fully saturated rings. The maximum Gasteiger partial charge on any atom is 0.274 e. The van der Waals surface area contributed by atoms with Crippen molar-refractivity contribution >= 4 is 34.5 Å². The Bertz CT molecular complexity index is 1340. The number of furan rings is 1.